The van der Waals surface area contributed by atoms with Crippen molar-refractivity contribution in [2.75, 3.05) is 77.3 Å². The average molecular weight is 858 g/mol. The Morgan fingerprint density at radius 2 is 1.50 bits per heavy atom. The van der Waals surface area contributed by atoms with Crippen LogP contribution in [-0.2, 0) is 33.3 Å². The van der Waals surface area contributed by atoms with Crippen LogP contribution < -0.4 is 20.1 Å². The third kappa shape index (κ3) is 25.0. The van der Waals surface area contributed by atoms with Crippen molar-refractivity contribution in [3.05, 3.63) is 78.2 Å². The second-order valence-corrected chi connectivity index (χ2v) is 15.2. The Bertz CT molecular complexity index is 1640. The molecule has 2 rings (SSSR count). The van der Waals surface area contributed by atoms with E-state index in [9.17, 15) is 24.3 Å². The molecule has 0 spiro atoms. The van der Waals surface area contributed by atoms with Crippen LogP contribution in [0.25, 0.3) is 0 Å². The fourth-order valence-electron chi connectivity index (χ4n) is 5.47. The van der Waals surface area contributed by atoms with E-state index in [0.717, 1.165) is 42.7 Å². The number of amides is 2. The first-order valence-electron chi connectivity index (χ1n) is 20.2. The van der Waals surface area contributed by atoms with Crippen molar-refractivity contribution < 1.29 is 53.1 Å². The highest BCUT2D eigenvalue weighted by atomic mass is 32.2. The maximum absolute atomic E-state index is 12.4. The van der Waals surface area contributed by atoms with Crippen molar-refractivity contribution in [2.24, 2.45) is 11.3 Å². The predicted molar refractivity (Wildman–Crippen MR) is 230 cm³/mol. The van der Waals surface area contributed by atoms with E-state index in [1.54, 1.807) is 13.8 Å². The smallest absolute Gasteiger partial charge is 0.329 e. The highest BCUT2D eigenvalue weighted by Gasteiger charge is 2.28. The van der Waals surface area contributed by atoms with Gasteiger partial charge in [0.1, 0.15) is 19.0 Å². The van der Waals surface area contributed by atoms with Gasteiger partial charge >= 0.3 is 11.9 Å². The summed E-state index contributed by atoms with van der Waals surface area (Å²) in [4.78, 5) is 55.3. The number of benzene rings is 1. The number of aliphatic carboxylic acids is 2. The van der Waals surface area contributed by atoms with E-state index in [4.69, 9.17) is 28.8 Å². The van der Waals surface area contributed by atoms with E-state index in [1.807, 2.05) is 31.2 Å². The van der Waals surface area contributed by atoms with Gasteiger partial charge in [-0.3, -0.25) is 19.1 Å². The Morgan fingerprint density at radius 3 is 2.15 bits per heavy atom. The Hall–Kier alpha value is -4.81. The normalized spacial score (nSPS) is 12.4. The van der Waals surface area contributed by atoms with E-state index in [2.05, 4.69) is 62.6 Å². The standard InChI is InChI=1S/C43H63N5O11S/c1-5-11-34(14-9-8-12-33(2)28-43(3,4)41(53)54)13-7-6-10-21-59-36-15-17-37(18-16-36)60-48-42-46-29-35(30-47-42)40(52)45-20-23-56-24-26-57-31-38(49)44-19-22-55-25-27-58-32-39(50)51/h5-7,11,13,15-18,29-30,33H,8-10,12,14,19-28,31-32H2,1-4H3,(H,44,49)(H,45,52)(H,50,51)(H,53,54)(H,46,47,48)/b7-6+,11-5-,34-13+. The van der Waals surface area contributed by atoms with Gasteiger partial charge in [-0.05, 0) is 94.2 Å². The zero-order valence-corrected chi connectivity index (χ0v) is 36.1. The molecule has 0 fully saturated rings. The molecule has 1 atom stereocenters. The molecule has 1 aromatic carbocycles. The molecule has 5 N–H and O–H groups in total. The fraction of sp³-hybridized carbons (Fsp3) is 0.535. The SMILES string of the molecule is C\C=C/C(=C\C=C\CCOc1ccc(SNc2ncc(C(=O)NCCOCCOCC(=O)NCCOCCOCC(=O)O)cn2)cc1)CCCCC(C)CC(C)(C)C(=O)O. The van der Waals surface area contributed by atoms with Gasteiger partial charge in [-0.2, -0.15) is 0 Å². The zero-order chi connectivity index (χ0) is 43.9. The number of carbonyl (C=O) groups excluding carboxylic acids is 2. The number of carboxylic acid groups (broad SMARTS) is 2. The van der Waals surface area contributed by atoms with Crippen LogP contribution in [0, 0.1) is 11.3 Å². The number of nitrogens with one attached hydrogen (secondary N) is 3. The summed E-state index contributed by atoms with van der Waals surface area (Å²) in [6, 6.07) is 7.67. The lowest BCUT2D eigenvalue weighted by atomic mass is 9.81. The zero-order valence-electron chi connectivity index (χ0n) is 35.3. The molecule has 2 amide bonds. The van der Waals surface area contributed by atoms with Crippen LogP contribution in [0.2, 0.25) is 0 Å². The Labute approximate surface area is 358 Å². The molecule has 1 unspecified atom stereocenters. The first-order chi connectivity index (χ1) is 28.9. The van der Waals surface area contributed by atoms with Gasteiger partial charge in [-0.15, -0.1) is 0 Å². The highest BCUT2D eigenvalue weighted by Crippen LogP contribution is 2.29. The van der Waals surface area contributed by atoms with Gasteiger partial charge in [-0.25, -0.2) is 14.8 Å². The number of nitrogens with zero attached hydrogens (tertiary/aromatic N) is 2. The number of hydrogen-bond acceptors (Lipinski definition) is 13. The van der Waals surface area contributed by atoms with Crippen LogP contribution in [0.5, 0.6) is 5.75 Å². The van der Waals surface area contributed by atoms with E-state index in [0.29, 0.717) is 30.5 Å². The summed E-state index contributed by atoms with van der Waals surface area (Å²) in [6.45, 7) is 9.69. The topological polar surface area (TPSA) is 217 Å². The van der Waals surface area contributed by atoms with Gasteiger partial charge in [0, 0.05) is 30.4 Å². The molecule has 0 aliphatic carbocycles. The summed E-state index contributed by atoms with van der Waals surface area (Å²) < 4.78 is 29.7. The number of carbonyl (C=O) groups is 4. The maximum atomic E-state index is 12.4. The number of hydrogen-bond donors (Lipinski definition) is 5. The second kappa shape index (κ2) is 31.1. The van der Waals surface area contributed by atoms with Crippen LogP contribution in [0.3, 0.4) is 0 Å². The van der Waals surface area contributed by atoms with Crippen molar-refractivity contribution in [2.45, 2.75) is 71.1 Å². The van der Waals surface area contributed by atoms with Crippen molar-refractivity contribution in [3.8, 4) is 5.75 Å². The lowest BCUT2D eigenvalue weighted by Crippen LogP contribution is -2.31. The lowest BCUT2D eigenvalue weighted by Gasteiger charge is -2.23. The molecular formula is C43H63N5O11S. The molecule has 16 nitrogen and oxygen atoms in total. The molecule has 0 saturated carbocycles. The van der Waals surface area contributed by atoms with Crippen molar-refractivity contribution in [3.63, 3.8) is 0 Å². The largest absolute Gasteiger partial charge is 0.493 e. The predicted octanol–water partition coefficient (Wildman–Crippen LogP) is 6.12. The maximum Gasteiger partial charge on any atom is 0.329 e. The molecule has 2 aromatic rings. The quantitative estimate of drug-likeness (QED) is 0.0305. The van der Waals surface area contributed by atoms with Gasteiger partial charge in [0.2, 0.25) is 11.9 Å². The van der Waals surface area contributed by atoms with Gasteiger partial charge in [0.05, 0.1) is 57.2 Å². The monoisotopic (exact) mass is 857 g/mol. The van der Waals surface area contributed by atoms with Crippen LogP contribution in [-0.4, -0.2) is 116 Å². The number of ether oxygens (including phenoxy) is 5. The third-order valence-corrected chi connectivity index (χ3v) is 9.32. The molecule has 0 aliphatic heterocycles. The summed E-state index contributed by atoms with van der Waals surface area (Å²) in [5.41, 5.74) is 0.890. The molecule has 60 heavy (non-hydrogen) atoms. The Kier molecular flexibility index (Phi) is 26.6. The summed E-state index contributed by atoms with van der Waals surface area (Å²) in [5, 5.41) is 23.2. The first-order valence-corrected chi connectivity index (χ1v) is 21.0. The van der Waals surface area contributed by atoms with Gasteiger partial charge < -0.3 is 44.5 Å². The number of rotatable bonds is 34. The number of unbranched alkanes of at least 4 members (excludes halogenated alkanes) is 1. The van der Waals surface area contributed by atoms with Gasteiger partial charge in [0.25, 0.3) is 5.91 Å². The van der Waals surface area contributed by atoms with E-state index in [1.165, 1.54) is 29.9 Å². The summed E-state index contributed by atoms with van der Waals surface area (Å²) >= 11 is 1.34. The van der Waals surface area contributed by atoms with Crippen LogP contribution in [0.1, 0.15) is 76.6 Å². The van der Waals surface area contributed by atoms with E-state index < -0.39 is 17.4 Å². The first kappa shape index (κ1) is 51.3. The molecule has 0 aliphatic rings. The summed E-state index contributed by atoms with van der Waals surface area (Å²) in [7, 11) is 0. The number of aromatic nitrogens is 2. The Morgan fingerprint density at radius 1 is 0.850 bits per heavy atom. The fourth-order valence-corrected chi connectivity index (χ4v) is 6.06. The van der Waals surface area contributed by atoms with Crippen LogP contribution >= 0.6 is 11.9 Å². The molecule has 0 saturated heterocycles. The van der Waals surface area contributed by atoms with Gasteiger partial charge in [0.15, 0.2) is 0 Å². The second-order valence-electron chi connectivity index (χ2n) is 14.4. The molecule has 1 heterocycles. The minimum absolute atomic E-state index is 0.133. The van der Waals surface area contributed by atoms with Crippen molar-refractivity contribution in [1.82, 2.24) is 20.6 Å². The minimum Gasteiger partial charge on any atom is -0.493 e. The van der Waals surface area contributed by atoms with Crippen molar-refractivity contribution >= 4 is 41.6 Å². The molecule has 0 bridgehead atoms. The van der Waals surface area contributed by atoms with Crippen LogP contribution in [0.15, 0.2) is 77.5 Å². The lowest BCUT2D eigenvalue weighted by molar-refractivity contribution is -0.148. The third-order valence-electron chi connectivity index (χ3n) is 8.53. The molecular weight excluding hydrogens is 795 g/mol. The molecule has 0 radical (unpaired) electrons. The van der Waals surface area contributed by atoms with Crippen molar-refractivity contribution in [1.29, 1.82) is 0 Å². The molecule has 332 valence electrons. The number of allylic oxidation sites excluding steroid dienone is 5. The summed E-state index contributed by atoms with van der Waals surface area (Å²) in [5.74, 6) is -0.919. The average Bonchev–Trinajstić information content (AvgIpc) is 3.22. The minimum atomic E-state index is -1.04. The van der Waals surface area contributed by atoms with Crippen LogP contribution in [0.4, 0.5) is 5.95 Å². The number of anilines is 1. The highest BCUT2D eigenvalue weighted by molar-refractivity contribution is 8.00. The molecule has 1 aromatic heterocycles. The molecule has 17 heteroatoms. The van der Waals surface area contributed by atoms with E-state index in [-0.39, 0.29) is 77.8 Å². The van der Waals surface area contributed by atoms with Gasteiger partial charge in [-0.1, -0.05) is 50.1 Å². The summed E-state index contributed by atoms with van der Waals surface area (Å²) in [6.07, 6.45) is 19.0. The van der Waals surface area contributed by atoms with E-state index >= 15 is 0 Å². The Balaban J connectivity index is 1.54. The number of carboxylic acids is 2.